The van der Waals surface area contributed by atoms with Gasteiger partial charge in [-0.05, 0) is 45.6 Å². The Kier molecular flexibility index (Phi) is 13.8. The zero-order valence-corrected chi connectivity index (χ0v) is 12.0. The predicted octanol–water partition coefficient (Wildman–Crippen LogP) is 2.99. The lowest BCUT2D eigenvalue weighted by Crippen LogP contribution is -2.26. The molecule has 1 atom stereocenters. The molecule has 0 saturated heterocycles. The van der Waals surface area contributed by atoms with Gasteiger partial charge in [-0.1, -0.05) is 13.8 Å². The van der Waals surface area contributed by atoms with E-state index >= 15 is 0 Å². The third-order valence-electron chi connectivity index (χ3n) is 2.64. The molecule has 1 unspecified atom stereocenters. The Hall–Kier alpha value is -0.120. The minimum atomic E-state index is 0.642. The first-order chi connectivity index (χ1) is 8.31. The van der Waals surface area contributed by atoms with E-state index in [9.17, 15) is 0 Å². The molecule has 104 valence electrons. The second-order valence-corrected chi connectivity index (χ2v) is 4.58. The molecule has 1 N–H and O–H groups in total. The molecule has 0 aliphatic carbocycles. The average molecular weight is 245 g/mol. The first-order valence-electron chi connectivity index (χ1n) is 7.20. The maximum absolute atomic E-state index is 5.50. The lowest BCUT2D eigenvalue weighted by molar-refractivity contribution is 0.0464. The van der Waals surface area contributed by atoms with Crippen molar-refractivity contribution in [2.45, 2.75) is 58.9 Å². The van der Waals surface area contributed by atoms with E-state index in [1.54, 1.807) is 0 Å². The fourth-order valence-corrected chi connectivity index (χ4v) is 1.61. The molecule has 0 amide bonds. The summed E-state index contributed by atoms with van der Waals surface area (Å²) in [6, 6.07) is 0.642. The van der Waals surface area contributed by atoms with Gasteiger partial charge in [0.15, 0.2) is 0 Å². The Morgan fingerprint density at radius 3 is 2.24 bits per heavy atom. The quantitative estimate of drug-likeness (QED) is 0.506. The van der Waals surface area contributed by atoms with E-state index in [0.29, 0.717) is 6.04 Å². The Bertz CT molecular complexity index is 142. The highest BCUT2D eigenvalue weighted by Crippen LogP contribution is 2.00. The fourth-order valence-electron chi connectivity index (χ4n) is 1.61. The van der Waals surface area contributed by atoms with Crippen LogP contribution in [0.2, 0.25) is 0 Å². The molecule has 17 heavy (non-hydrogen) atoms. The van der Waals surface area contributed by atoms with Gasteiger partial charge in [-0.25, -0.2) is 0 Å². The van der Waals surface area contributed by atoms with E-state index < -0.39 is 0 Å². The van der Waals surface area contributed by atoms with Crippen molar-refractivity contribution in [3.05, 3.63) is 0 Å². The van der Waals surface area contributed by atoms with Gasteiger partial charge in [0, 0.05) is 19.3 Å². The van der Waals surface area contributed by atoms with E-state index in [0.717, 1.165) is 45.8 Å². The van der Waals surface area contributed by atoms with Gasteiger partial charge in [0.1, 0.15) is 0 Å². The summed E-state index contributed by atoms with van der Waals surface area (Å²) < 4.78 is 10.8. The third-order valence-corrected chi connectivity index (χ3v) is 2.64. The van der Waals surface area contributed by atoms with Gasteiger partial charge >= 0.3 is 0 Å². The van der Waals surface area contributed by atoms with Gasteiger partial charge in [0.2, 0.25) is 0 Å². The van der Waals surface area contributed by atoms with Gasteiger partial charge in [0.05, 0.1) is 13.2 Å². The molecule has 0 aliphatic heterocycles. The van der Waals surface area contributed by atoms with Gasteiger partial charge in [0.25, 0.3) is 0 Å². The van der Waals surface area contributed by atoms with Crippen LogP contribution in [0, 0.1) is 0 Å². The third kappa shape index (κ3) is 13.8. The van der Waals surface area contributed by atoms with Crippen molar-refractivity contribution in [1.29, 1.82) is 0 Å². The summed E-state index contributed by atoms with van der Waals surface area (Å²) in [4.78, 5) is 0. The number of ether oxygens (including phenoxy) is 2. The molecule has 0 aliphatic rings. The van der Waals surface area contributed by atoms with E-state index in [2.05, 4.69) is 26.1 Å². The second kappa shape index (κ2) is 13.9. The smallest absolute Gasteiger partial charge is 0.0700 e. The summed E-state index contributed by atoms with van der Waals surface area (Å²) in [5.41, 5.74) is 0. The number of hydrogen-bond donors (Lipinski definition) is 1. The van der Waals surface area contributed by atoms with Crippen LogP contribution in [-0.4, -0.2) is 39.0 Å². The Morgan fingerprint density at radius 1 is 0.882 bits per heavy atom. The Balaban J connectivity index is 3.02. The Labute approximate surface area is 107 Å². The molecule has 0 fully saturated rings. The summed E-state index contributed by atoms with van der Waals surface area (Å²) >= 11 is 0. The van der Waals surface area contributed by atoms with Gasteiger partial charge in [-0.15, -0.1) is 0 Å². The van der Waals surface area contributed by atoms with Crippen LogP contribution < -0.4 is 5.32 Å². The molecule has 0 radical (unpaired) electrons. The predicted molar refractivity (Wildman–Crippen MR) is 73.5 cm³/mol. The van der Waals surface area contributed by atoms with Crippen LogP contribution in [0.5, 0.6) is 0 Å². The molecule has 0 bridgehead atoms. The van der Waals surface area contributed by atoms with Crippen molar-refractivity contribution in [3.8, 4) is 0 Å². The molecule has 0 saturated carbocycles. The molecular formula is C14H31NO2. The maximum Gasteiger partial charge on any atom is 0.0700 e. The van der Waals surface area contributed by atoms with Crippen LogP contribution in [-0.2, 0) is 9.47 Å². The first-order valence-corrected chi connectivity index (χ1v) is 7.20. The van der Waals surface area contributed by atoms with E-state index in [4.69, 9.17) is 9.47 Å². The van der Waals surface area contributed by atoms with E-state index in [-0.39, 0.29) is 0 Å². The molecule has 0 aromatic carbocycles. The minimum absolute atomic E-state index is 0.642. The largest absolute Gasteiger partial charge is 0.379 e. The second-order valence-electron chi connectivity index (χ2n) is 4.58. The molecular weight excluding hydrogens is 214 g/mol. The van der Waals surface area contributed by atoms with Crippen molar-refractivity contribution in [3.63, 3.8) is 0 Å². The molecule has 0 aromatic rings. The topological polar surface area (TPSA) is 30.5 Å². The summed E-state index contributed by atoms with van der Waals surface area (Å²) in [5.74, 6) is 0. The van der Waals surface area contributed by atoms with E-state index in [1.807, 2.05) is 0 Å². The standard InChI is InChI=1S/C14H31NO2/c1-4-9-15-14(3)8-6-7-11-17-13-12-16-10-5-2/h14-15H,4-13H2,1-3H3. The molecule has 3 heteroatoms. The summed E-state index contributed by atoms with van der Waals surface area (Å²) in [7, 11) is 0. The number of unbranched alkanes of at least 4 members (excludes halogenated alkanes) is 1. The normalized spacial score (nSPS) is 12.9. The fraction of sp³-hybridized carbons (Fsp3) is 1.00. The van der Waals surface area contributed by atoms with E-state index in [1.165, 1.54) is 19.3 Å². The maximum atomic E-state index is 5.50. The van der Waals surface area contributed by atoms with Gasteiger partial charge in [-0.3, -0.25) is 0 Å². The SMILES string of the molecule is CCCNC(C)CCCCOCCOCCC. The van der Waals surface area contributed by atoms with Crippen LogP contribution in [0.1, 0.15) is 52.9 Å². The average Bonchev–Trinajstić information content (AvgIpc) is 2.34. The number of hydrogen-bond acceptors (Lipinski definition) is 3. The summed E-state index contributed by atoms with van der Waals surface area (Å²) in [5, 5.41) is 3.50. The van der Waals surface area contributed by atoms with Gasteiger partial charge in [-0.2, -0.15) is 0 Å². The molecule has 0 spiro atoms. The molecule has 0 rings (SSSR count). The highest BCUT2D eigenvalue weighted by molar-refractivity contribution is 4.59. The monoisotopic (exact) mass is 245 g/mol. The van der Waals surface area contributed by atoms with Crippen LogP contribution in [0.3, 0.4) is 0 Å². The Morgan fingerprint density at radius 2 is 1.59 bits per heavy atom. The van der Waals surface area contributed by atoms with Crippen molar-refractivity contribution >= 4 is 0 Å². The minimum Gasteiger partial charge on any atom is -0.379 e. The molecule has 0 aromatic heterocycles. The highest BCUT2D eigenvalue weighted by atomic mass is 16.5. The lowest BCUT2D eigenvalue weighted by Gasteiger charge is -2.12. The van der Waals surface area contributed by atoms with Crippen molar-refractivity contribution in [2.24, 2.45) is 0 Å². The lowest BCUT2D eigenvalue weighted by atomic mass is 10.1. The van der Waals surface area contributed by atoms with Crippen LogP contribution in [0.15, 0.2) is 0 Å². The highest BCUT2D eigenvalue weighted by Gasteiger charge is 1.99. The summed E-state index contributed by atoms with van der Waals surface area (Å²) in [6.07, 6.45) is 5.95. The van der Waals surface area contributed by atoms with Crippen LogP contribution in [0.4, 0.5) is 0 Å². The zero-order chi connectivity index (χ0) is 12.8. The van der Waals surface area contributed by atoms with Gasteiger partial charge < -0.3 is 14.8 Å². The number of rotatable bonds is 13. The molecule has 3 nitrogen and oxygen atoms in total. The zero-order valence-electron chi connectivity index (χ0n) is 12.0. The van der Waals surface area contributed by atoms with Crippen molar-refractivity contribution in [1.82, 2.24) is 5.32 Å². The van der Waals surface area contributed by atoms with Crippen molar-refractivity contribution < 1.29 is 9.47 Å². The molecule has 0 heterocycles. The van der Waals surface area contributed by atoms with Crippen LogP contribution >= 0.6 is 0 Å². The van der Waals surface area contributed by atoms with Crippen LogP contribution in [0.25, 0.3) is 0 Å². The summed E-state index contributed by atoms with van der Waals surface area (Å²) in [6.45, 7) is 10.9. The van der Waals surface area contributed by atoms with Crippen molar-refractivity contribution in [2.75, 3.05) is 33.0 Å². The first kappa shape index (κ1) is 16.9. The number of nitrogens with one attached hydrogen (secondary N) is 1.